The summed E-state index contributed by atoms with van der Waals surface area (Å²) in [6, 6.07) is 0.625. The Labute approximate surface area is 99.1 Å². The molecule has 1 aliphatic heterocycles. The van der Waals surface area contributed by atoms with E-state index in [1.807, 2.05) is 0 Å². The minimum absolute atomic E-state index is 0.213. The molecule has 16 heavy (non-hydrogen) atoms. The average Bonchev–Trinajstić information content (AvgIpc) is 2.31. The first-order valence-corrected chi connectivity index (χ1v) is 6.65. The van der Waals surface area contributed by atoms with E-state index in [-0.39, 0.29) is 5.60 Å². The van der Waals surface area contributed by atoms with Crippen molar-refractivity contribution in [3.05, 3.63) is 0 Å². The maximum atomic E-state index is 6.06. The molecule has 1 saturated heterocycles. The van der Waals surface area contributed by atoms with Gasteiger partial charge >= 0.3 is 0 Å². The Kier molecular flexibility index (Phi) is 4.26. The van der Waals surface area contributed by atoms with Crippen LogP contribution in [0.3, 0.4) is 0 Å². The van der Waals surface area contributed by atoms with Gasteiger partial charge in [0, 0.05) is 25.6 Å². The van der Waals surface area contributed by atoms with E-state index in [9.17, 15) is 0 Å². The quantitative estimate of drug-likeness (QED) is 0.584. The second kappa shape index (κ2) is 5.70. The fourth-order valence-corrected chi connectivity index (χ4v) is 3.10. The lowest BCUT2D eigenvalue weighted by Crippen LogP contribution is -2.48. The van der Waals surface area contributed by atoms with Gasteiger partial charge in [-0.2, -0.15) is 0 Å². The molecule has 1 saturated carbocycles. The molecule has 1 atom stereocenters. The molecule has 2 heteroatoms. The highest BCUT2D eigenvalue weighted by Crippen LogP contribution is 2.38. The topological polar surface area (TPSA) is 21.3 Å². The van der Waals surface area contributed by atoms with E-state index in [0.717, 1.165) is 26.0 Å². The highest BCUT2D eigenvalue weighted by atomic mass is 16.5. The van der Waals surface area contributed by atoms with Gasteiger partial charge in [0.15, 0.2) is 0 Å². The molecule has 0 bridgehead atoms. The van der Waals surface area contributed by atoms with Crippen molar-refractivity contribution in [2.75, 3.05) is 13.2 Å². The zero-order valence-corrected chi connectivity index (χ0v) is 10.1. The number of rotatable bonds is 3. The third kappa shape index (κ3) is 2.99. The predicted molar refractivity (Wildman–Crippen MR) is 66.2 cm³/mol. The van der Waals surface area contributed by atoms with Gasteiger partial charge in [-0.25, -0.2) is 0 Å². The first-order chi connectivity index (χ1) is 7.85. The Hall–Kier alpha value is -0.520. The molecule has 0 aromatic rings. The summed E-state index contributed by atoms with van der Waals surface area (Å²) < 4.78 is 6.06. The van der Waals surface area contributed by atoms with Crippen LogP contribution >= 0.6 is 0 Å². The molecule has 2 rings (SSSR count). The molecule has 90 valence electrons. The molecule has 1 unspecified atom stereocenters. The van der Waals surface area contributed by atoms with Crippen LogP contribution in [0.1, 0.15) is 51.4 Å². The smallest absolute Gasteiger partial charge is 0.0697 e. The van der Waals surface area contributed by atoms with Crippen LogP contribution in [0.25, 0.3) is 0 Å². The first-order valence-electron chi connectivity index (χ1n) is 6.65. The van der Waals surface area contributed by atoms with Crippen LogP contribution in [0.5, 0.6) is 0 Å². The average molecular weight is 221 g/mol. The molecule has 2 nitrogen and oxygen atoms in total. The Morgan fingerprint density at radius 1 is 1.31 bits per heavy atom. The molecule has 0 radical (unpaired) electrons. The van der Waals surface area contributed by atoms with E-state index in [1.54, 1.807) is 0 Å². The molecule has 1 spiro atoms. The molecule has 0 amide bonds. The molecule has 0 aromatic heterocycles. The van der Waals surface area contributed by atoms with Crippen molar-refractivity contribution in [1.29, 1.82) is 0 Å². The second-order valence-electron chi connectivity index (χ2n) is 5.19. The minimum Gasteiger partial charge on any atom is -0.375 e. The number of ether oxygens (including phenoxy) is 1. The van der Waals surface area contributed by atoms with Crippen LogP contribution in [0, 0.1) is 12.3 Å². The Bertz CT molecular complexity index is 244. The third-order valence-electron chi connectivity index (χ3n) is 3.96. The van der Waals surface area contributed by atoms with Crippen LogP contribution in [0.2, 0.25) is 0 Å². The lowest BCUT2D eigenvalue weighted by Gasteiger charge is -2.43. The molecule has 1 N–H and O–H groups in total. The van der Waals surface area contributed by atoms with Crippen molar-refractivity contribution in [3.63, 3.8) is 0 Å². The number of terminal acetylenes is 1. The highest BCUT2D eigenvalue weighted by molar-refractivity contribution is 4.92. The monoisotopic (exact) mass is 221 g/mol. The summed E-state index contributed by atoms with van der Waals surface area (Å²) in [6.07, 6.45) is 15.0. The maximum absolute atomic E-state index is 6.06. The Morgan fingerprint density at radius 3 is 2.88 bits per heavy atom. The van der Waals surface area contributed by atoms with Crippen molar-refractivity contribution in [1.82, 2.24) is 5.32 Å². The summed E-state index contributed by atoms with van der Waals surface area (Å²) in [5, 5.41) is 3.57. The normalized spacial score (nSPS) is 28.8. The van der Waals surface area contributed by atoms with Gasteiger partial charge in [-0.3, -0.25) is 0 Å². The van der Waals surface area contributed by atoms with E-state index in [1.165, 1.54) is 38.5 Å². The molecule has 1 aliphatic carbocycles. The van der Waals surface area contributed by atoms with Gasteiger partial charge in [0.1, 0.15) is 0 Å². The van der Waals surface area contributed by atoms with E-state index in [0.29, 0.717) is 6.04 Å². The SMILES string of the molecule is C#CCCNC1CCOC2(CCCCC2)C1. The van der Waals surface area contributed by atoms with Crippen LogP contribution in [-0.2, 0) is 4.74 Å². The zero-order chi connectivity index (χ0) is 11.3. The molecule has 2 fully saturated rings. The number of hydrogen-bond acceptors (Lipinski definition) is 2. The second-order valence-corrected chi connectivity index (χ2v) is 5.19. The fraction of sp³-hybridized carbons (Fsp3) is 0.857. The van der Waals surface area contributed by atoms with Gasteiger partial charge in [0.2, 0.25) is 0 Å². The summed E-state index contributed by atoms with van der Waals surface area (Å²) in [6.45, 7) is 1.88. The fourth-order valence-electron chi connectivity index (χ4n) is 3.10. The first kappa shape index (κ1) is 12.0. The van der Waals surface area contributed by atoms with Crippen molar-refractivity contribution in [3.8, 4) is 12.3 Å². The summed E-state index contributed by atoms with van der Waals surface area (Å²) in [5.74, 6) is 2.68. The lowest BCUT2D eigenvalue weighted by atomic mass is 9.78. The van der Waals surface area contributed by atoms with Gasteiger partial charge in [-0.1, -0.05) is 19.3 Å². The maximum Gasteiger partial charge on any atom is 0.0697 e. The van der Waals surface area contributed by atoms with Gasteiger partial charge in [0.25, 0.3) is 0 Å². The van der Waals surface area contributed by atoms with Crippen LogP contribution in [0.15, 0.2) is 0 Å². The van der Waals surface area contributed by atoms with Crippen molar-refractivity contribution >= 4 is 0 Å². The van der Waals surface area contributed by atoms with Crippen LogP contribution in [-0.4, -0.2) is 24.8 Å². The summed E-state index contributed by atoms with van der Waals surface area (Å²) in [5.41, 5.74) is 0.213. The minimum atomic E-state index is 0.213. The summed E-state index contributed by atoms with van der Waals surface area (Å²) in [7, 11) is 0. The molecular weight excluding hydrogens is 198 g/mol. The van der Waals surface area contributed by atoms with Crippen molar-refractivity contribution < 1.29 is 4.74 Å². The van der Waals surface area contributed by atoms with Gasteiger partial charge in [0.05, 0.1) is 5.60 Å². The van der Waals surface area contributed by atoms with Crippen molar-refractivity contribution in [2.45, 2.75) is 63.0 Å². The summed E-state index contributed by atoms with van der Waals surface area (Å²) in [4.78, 5) is 0. The third-order valence-corrected chi connectivity index (χ3v) is 3.96. The molecule has 2 aliphatic rings. The molecule has 1 heterocycles. The predicted octanol–water partition coefficient (Wildman–Crippen LogP) is 2.48. The Morgan fingerprint density at radius 2 is 2.12 bits per heavy atom. The number of nitrogens with one attached hydrogen (secondary N) is 1. The standard InChI is InChI=1S/C14H23NO/c1-2-3-10-15-13-7-11-16-14(12-13)8-5-4-6-9-14/h1,13,15H,3-12H2. The van der Waals surface area contributed by atoms with E-state index in [4.69, 9.17) is 11.2 Å². The zero-order valence-electron chi connectivity index (χ0n) is 10.1. The van der Waals surface area contributed by atoms with Gasteiger partial charge in [-0.05, 0) is 25.7 Å². The molecule has 0 aromatic carbocycles. The van der Waals surface area contributed by atoms with E-state index >= 15 is 0 Å². The molecular formula is C14H23NO. The highest BCUT2D eigenvalue weighted by Gasteiger charge is 2.38. The number of hydrogen-bond donors (Lipinski definition) is 1. The largest absolute Gasteiger partial charge is 0.375 e. The van der Waals surface area contributed by atoms with E-state index < -0.39 is 0 Å². The van der Waals surface area contributed by atoms with Crippen LogP contribution < -0.4 is 5.32 Å². The van der Waals surface area contributed by atoms with Crippen molar-refractivity contribution in [2.24, 2.45) is 0 Å². The summed E-state index contributed by atoms with van der Waals surface area (Å²) >= 11 is 0. The van der Waals surface area contributed by atoms with Gasteiger partial charge < -0.3 is 10.1 Å². The van der Waals surface area contributed by atoms with Crippen LogP contribution in [0.4, 0.5) is 0 Å². The lowest BCUT2D eigenvalue weighted by molar-refractivity contribution is -0.109. The van der Waals surface area contributed by atoms with E-state index in [2.05, 4.69) is 11.2 Å². The van der Waals surface area contributed by atoms with Gasteiger partial charge in [-0.15, -0.1) is 12.3 Å². The Balaban J connectivity index is 1.81.